The normalized spacial score (nSPS) is 10.8. The summed E-state index contributed by atoms with van der Waals surface area (Å²) >= 11 is 5.58. The number of carbonyl (C=O) groups excluding carboxylic acids is 1. The number of hydrogen-bond donors (Lipinski definition) is 0. The van der Waals surface area contributed by atoms with Gasteiger partial charge in [0, 0.05) is 5.02 Å². The third kappa shape index (κ3) is 3.36. The summed E-state index contributed by atoms with van der Waals surface area (Å²) in [4.78, 5) is 11.2. The van der Waals surface area contributed by atoms with Crippen molar-refractivity contribution >= 4 is 17.4 Å². The highest BCUT2D eigenvalue weighted by atomic mass is 35.5. The van der Waals surface area contributed by atoms with Crippen molar-refractivity contribution < 1.29 is 22.7 Å². The minimum absolute atomic E-state index is 0.0127. The number of nitriles is 1. The van der Waals surface area contributed by atoms with Crippen molar-refractivity contribution in [1.29, 1.82) is 5.26 Å². The van der Waals surface area contributed by atoms with E-state index >= 15 is 0 Å². The number of rotatable bonds is 2. The first-order valence-corrected chi connectivity index (χ1v) is 4.62. The second-order valence-electron chi connectivity index (χ2n) is 3.05. The molecule has 7 heteroatoms. The molecule has 0 aliphatic heterocycles. The van der Waals surface area contributed by atoms with Crippen molar-refractivity contribution in [3.8, 4) is 11.8 Å². The summed E-state index contributed by atoms with van der Waals surface area (Å²) in [5.41, 5.74) is -0.827. The van der Waals surface area contributed by atoms with Crippen molar-refractivity contribution in [3.63, 3.8) is 0 Å². The van der Waals surface area contributed by atoms with Crippen LogP contribution in [0.5, 0.6) is 5.75 Å². The third-order valence-electron chi connectivity index (χ3n) is 1.77. The van der Waals surface area contributed by atoms with E-state index in [1.165, 1.54) is 6.07 Å². The molecule has 0 saturated heterocycles. The van der Waals surface area contributed by atoms with Crippen LogP contribution in [0.2, 0.25) is 5.02 Å². The molecule has 0 unspecified atom stereocenters. The lowest BCUT2D eigenvalue weighted by Gasteiger charge is -2.13. The highest BCUT2D eigenvalue weighted by Gasteiger charge is 2.34. The number of ether oxygens (including phenoxy) is 1. The van der Waals surface area contributed by atoms with Crippen LogP contribution in [-0.2, 0) is 0 Å². The van der Waals surface area contributed by atoms with Gasteiger partial charge in [-0.05, 0) is 19.1 Å². The van der Waals surface area contributed by atoms with Crippen molar-refractivity contribution in [2.45, 2.75) is 13.3 Å². The van der Waals surface area contributed by atoms with Crippen LogP contribution >= 0.6 is 11.6 Å². The van der Waals surface area contributed by atoms with Gasteiger partial charge in [0.15, 0.2) is 11.5 Å². The number of carbonyl (C=O) groups is 1. The molecule has 0 aliphatic rings. The van der Waals surface area contributed by atoms with Crippen molar-refractivity contribution in [3.05, 3.63) is 28.3 Å². The fraction of sp³-hybridized carbons (Fsp3) is 0.200. The fourth-order valence-corrected chi connectivity index (χ4v) is 1.38. The second-order valence-corrected chi connectivity index (χ2v) is 3.48. The van der Waals surface area contributed by atoms with Crippen LogP contribution in [0.3, 0.4) is 0 Å². The van der Waals surface area contributed by atoms with Gasteiger partial charge >= 0.3 is 6.36 Å². The number of nitrogens with zero attached hydrogens (tertiary/aromatic N) is 1. The van der Waals surface area contributed by atoms with Crippen LogP contribution in [0.1, 0.15) is 22.8 Å². The summed E-state index contributed by atoms with van der Waals surface area (Å²) < 4.78 is 40.0. The summed E-state index contributed by atoms with van der Waals surface area (Å²) in [6, 6.07) is 3.51. The fourth-order valence-electron chi connectivity index (χ4n) is 1.16. The zero-order valence-corrected chi connectivity index (χ0v) is 9.19. The highest BCUT2D eigenvalue weighted by molar-refractivity contribution is 6.31. The monoisotopic (exact) mass is 263 g/mol. The molecule has 0 aliphatic carbocycles. The molecule has 1 rings (SSSR count). The number of hydrogen-bond acceptors (Lipinski definition) is 3. The van der Waals surface area contributed by atoms with E-state index in [0.29, 0.717) is 0 Å². The lowest BCUT2D eigenvalue weighted by molar-refractivity contribution is -0.274. The molecule has 1 aromatic carbocycles. The Kier molecular flexibility index (Phi) is 3.63. The summed E-state index contributed by atoms with van der Waals surface area (Å²) in [7, 11) is 0. The molecule has 0 bridgehead atoms. The van der Waals surface area contributed by atoms with Gasteiger partial charge in [0.25, 0.3) is 0 Å². The van der Waals surface area contributed by atoms with Gasteiger partial charge < -0.3 is 4.74 Å². The third-order valence-corrected chi connectivity index (χ3v) is 1.99. The second kappa shape index (κ2) is 4.63. The number of Topliss-reactive ketones (excluding diaryl/α,β-unsaturated/α-hetero) is 1. The largest absolute Gasteiger partial charge is 0.573 e. The Morgan fingerprint density at radius 3 is 2.47 bits per heavy atom. The molecule has 0 amide bonds. The number of alkyl halides is 3. The zero-order chi connectivity index (χ0) is 13.2. The maximum Gasteiger partial charge on any atom is 0.573 e. The first-order valence-electron chi connectivity index (χ1n) is 4.25. The number of ketones is 1. The Balaban J connectivity index is 3.44. The van der Waals surface area contributed by atoms with Gasteiger partial charge in [0.1, 0.15) is 6.07 Å². The molecular formula is C10H5ClF3NO2. The molecule has 0 radical (unpaired) electrons. The van der Waals surface area contributed by atoms with E-state index in [0.717, 1.165) is 19.1 Å². The standard InChI is InChI=1S/C10H5ClF3NO2/c1-5(16)8-3-7(11)2-6(4-15)9(8)17-10(12,13)14/h2-3H,1H3. The first kappa shape index (κ1) is 13.3. The molecule has 1 aromatic rings. The SMILES string of the molecule is CC(=O)c1cc(Cl)cc(C#N)c1OC(F)(F)F. The van der Waals surface area contributed by atoms with Crippen molar-refractivity contribution in [2.75, 3.05) is 0 Å². The highest BCUT2D eigenvalue weighted by Crippen LogP contribution is 2.32. The van der Waals surface area contributed by atoms with E-state index in [1.54, 1.807) is 0 Å². The lowest BCUT2D eigenvalue weighted by Crippen LogP contribution is -2.19. The zero-order valence-electron chi connectivity index (χ0n) is 8.43. The molecule has 0 saturated carbocycles. The summed E-state index contributed by atoms with van der Waals surface area (Å²) in [6.07, 6.45) is -4.98. The minimum Gasteiger partial charge on any atom is -0.404 e. The van der Waals surface area contributed by atoms with Gasteiger partial charge in [-0.25, -0.2) is 0 Å². The van der Waals surface area contributed by atoms with Crippen molar-refractivity contribution in [1.82, 2.24) is 0 Å². The number of benzene rings is 1. The first-order chi connectivity index (χ1) is 7.74. The van der Waals surface area contributed by atoms with Crippen LogP contribution in [-0.4, -0.2) is 12.1 Å². The van der Waals surface area contributed by atoms with E-state index in [-0.39, 0.29) is 10.6 Å². The summed E-state index contributed by atoms with van der Waals surface area (Å²) in [5.74, 6) is -1.50. The van der Waals surface area contributed by atoms with E-state index in [2.05, 4.69) is 4.74 Å². The average Bonchev–Trinajstić information content (AvgIpc) is 2.17. The predicted octanol–water partition coefficient (Wildman–Crippen LogP) is 3.31. The van der Waals surface area contributed by atoms with Gasteiger partial charge in [-0.1, -0.05) is 11.6 Å². The van der Waals surface area contributed by atoms with Gasteiger partial charge in [-0.15, -0.1) is 13.2 Å². The van der Waals surface area contributed by atoms with Crippen LogP contribution in [0.15, 0.2) is 12.1 Å². The summed E-state index contributed by atoms with van der Waals surface area (Å²) in [5, 5.41) is 8.67. The summed E-state index contributed by atoms with van der Waals surface area (Å²) in [6.45, 7) is 1.05. The van der Waals surface area contributed by atoms with E-state index in [9.17, 15) is 18.0 Å². The van der Waals surface area contributed by atoms with Gasteiger partial charge in [-0.2, -0.15) is 5.26 Å². The molecular weight excluding hydrogens is 259 g/mol. The topological polar surface area (TPSA) is 50.1 Å². The van der Waals surface area contributed by atoms with Crippen LogP contribution < -0.4 is 4.74 Å². The van der Waals surface area contributed by atoms with E-state index in [1.807, 2.05) is 0 Å². The quantitative estimate of drug-likeness (QED) is 0.769. The lowest BCUT2D eigenvalue weighted by atomic mass is 10.1. The van der Waals surface area contributed by atoms with E-state index < -0.39 is 23.5 Å². The Morgan fingerprint density at radius 1 is 1.47 bits per heavy atom. The molecule has 17 heavy (non-hydrogen) atoms. The van der Waals surface area contributed by atoms with Crippen molar-refractivity contribution in [2.24, 2.45) is 0 Å². The molecule has 0 aromatic heterocycles. The molecule has 0 atom stereocenters. The molecule has 3 nitrogen and oxygen atoms in total. The Labute approximate surface area is 99.4 Å². The van der Waals surface area contributed by atoms with E-state index in [4.69, 9.17) is 16.9 Å². The molecule has 0 N–H and O–H groups in total. The van der Waals surface area contributed by atoms with Crippen LogP contribution in [0, 0.1) is 11.3 Å². The molecule has 90 valence electrons. The van der Waals surface area contributed by atoms with Crippen LogP contribution in [0.4, 0.5) is 13.2 Å². The van der Waals surface area contributed by atoms with Gasteiger partial charge in [0.05, 0.1) is 11.1 Å². The van der Waals surface area contributed by atoms with Crippen LogP contribution in [0.25, 0.3) is 0 Å². The maximum absolute atomic E-state index is 12.1. The minimum atomic E-state index is -4.98. The molecule has 0 spiro atoms. The number of halogens is 4. The smallest absolute Gasteiger partial charge is 0.404 e. The molecule has 0 heterocycles. The maximum atomic E-state index is 12.1. The predicted molar refractivity (Wildman–Crippen MR) is 52.9 cm³/mol. The Hall–Kier alpha value is -1.74. The molecule has 0 fully saturated rings. The van der Waals surface area contributed by atoms with Gasteiger partial charge in [-0.3, -0.25) is 4.79 Å². The van der Waals surface area contributed by atoms with Gasteiger partial charge in [0.2, 0.25) is 0 Å². The average molecular weight is 264 g/mol. The Morgan fingerprint density at radius 2 is 2.06 bits per heavy atom. The Bertz CT molecular complexity index is 505.